The lowest BCUT2D eigenvalue weighted by Crippen LogP contribution is -2.20. The summed E-state index contributed by atoms with van der Waals surface area (Å²) < 4.78 is 30.3. The first-order valence-corrected chi connectivity index (χ1v) is 10.8. The van der Waals surface area contributed by atoms with E-state index in [9.17, 15) is 18.3 Å². The van der Waals surface area contributed by atoms with E-state index in [4.69, 9.17) is 21.5 Å². The van der Waals surface area contributed by atoms with Crippen molar-refractivity contribution >= 4 is 33.3 Å². The number of carboxylic acid groups (broad SMARTS) is 1. The lowest BCUT2D eigenvalue weighted by Gasteiger charge is -2.18. The molecule has 0 aromatic heterocycles. The quantitative estimate of drug-likeness (QED) is 0.478. The minimum absolute atomic E-state index is 0.0109. The Labute approximate surface area is 179 Å². The number of nitrogens with two attached hydrogens (primary N) is 1. The zero-order chi connectivity index (χ0) is 21.7. The number of halogens is 1. The number of rotatable bonds is 8. The molecule has 0 bridgehead atoms. The van der Waals surface area contributed by atoms with Gasteiger partial charge in [0.05, 0.1) is 11.3 Å². The second kappa shape index (κ2) is 9.17. The van der Waals surface area contributed by atoms with E-state index >= 15 is 0 Å². The van der Waals surface area contributed by atoms with Crippen LogP contribution in [0.3, 0.4) is 0 Å². The van der Waals surface area contributed by atoms with E-state index in [2.05, 4.69) is 5.32 Å². The highest BCUT2D eigenvalue weighted by Crippen LogP contribution is 2.37. The normalized spacial score (nSPS) is 11.1. The molecule has 9 heteroatoms. The van der Waals surface area contributed by atoms with Gasteiger partial charge in [0.2, 0.25) is 10.0 Å². The Kier molecular flexibility index (Phi) is 6.61. The van der Waals surface area contributed by atoms with E-state index in [1.165, 1.54) is 6.07 Å². The molecule has 0 aliphatic carbocycles. The molecule has 3 rings (SSSR count). The van der Waals surface area contributed by atoms with Gasteiger partial charge in [-0.3, -0.25) is 0 Å². The molecular formula is C21H19ClN2O5S. The molecule has 3 aromatic rings. The first kappa shape index (κ1) is 21.6. The van der Waals surface area contributed by atoms with Gasteiger partial charge in [-0.2, -0.15) is 0 Å². The standard InChI is InChI=1S/C21H19ClN2O5S/c22-15-6-8-16(9-7-15)29-18-11-10-17(21(25)26)20(30(23,27)28)19(18)24-13-12-14-4-2-1-3-5-14/h1-11,24H,12-13H2,(H,25,26)(H2,23,27,28). The maximum Gasteiger partial charge on any atom is 0.337 e. The molecule has 0 atom stereocenters. The number of anilines is 1. The van der Waals surface area contributed by atoms with Gasteiger partial charge in [0.1, 0.15) is 10.6 Å². The summed E-state index contributed by atoms with van der Waals surface area (Å²) in [7, 11) is -4.37. The molecule has 3 aromatic carbocycles. The molecule has 0 saturated heterocycles. The average Bonchev–Trinajstić information content (AvgIpc) is 2.70. The van der Waals surface area contributed by atoms with Gasteiger partial charge in [0, 0.05) is 11.6 Å². The molecule has 0 fully saturated rings. The third kappa shape index (κ3) is 5.29. The van der Waals surface area contributed by atoms with Crippen molar-refractivity contribution in [2.24, 2.45) is 5.14 Å². The third-order valence-corrected chi connectivity index (χ3v) is 5.48. The lowest BCUT2D eigenvalue weighted by atomic mass is 10.1. The van der Waals surface area contributed by atoms with Crippen LogP contribution in [-0.2, 0) is 16.4 Å². The van der Waals surface area contributed by atoms with Crippen LogP contribution in [0.5, 0.6) is 11.5 Å². The van der Waals surface area contributed by atoms with Crippen molar-refractivity contribution < 1.29 is 23.1 Å². The Balaban J connectivity index is 2.01. The number of carboxylic acids is 1. The molecule has 0 radical (unpaired) electrons. The molecule has 30 heavy (non-hydrogen) atoms. The molecule has 0 aliphatic heterocycles. The number of hydrogen-bond acceptors (Lipinski definition) is 5. The van der Waals surface area contributed by atoms with Crippen molar-refractivity contribution in [2.75, 3.05) is 11.9 Å². The Hall–Kier alpha value is -3.07. The van der Waals surface area contributed by atoms with Crippen molar-refractivity contribution in [3.8, 4) is 11.5 Å². The average molecular weight is 447 g/mol. The predicted octanol–water partition coefficient (Wildman–Crippen LogP) is 4.13. The number of aromatic carboxylic acids is 1. The number of primary sulfonamides is 1. The van der Waals surface area contributed by atoms with E-state index < -0.39 is 26.5 Å². The second-order valence-corrected chi connectivity index (χ2v) is 8.32. The maximum atomic E-state index is 12.3. The molecule has 0 heterocycles. The van der Waals surface area contributed by atoms with Crippen molar-refractivity contribution in [1.82, 2.24) is 0 Å². The monoisotopic (exact) mass is 446 g/mol. The van der Waals surface area contributed by atoms with Crippen LogP contribution in [-0.4, -0.2) is 26.0 Å². The molecular weight excluding hydrogens is 428 g/mol. The SMILES string of the molecule is NS(=O)(=O)c1c(C(=O)O)ccc(Oc2ccc(Cl)cc2)c1NCCc1ccccc1. The van der Waals surface area contributed by atoms with Gasteiger partial charge in [0.15, 0.2) is 5.75 Å². The van der Waals surface area contributed by atoms with Crippen LogP contribution >= 0.6 is 11.6 Å². The van der Waals surface area contributed by atoms with E-state index in [0.717, 1.165) is 11.6 Å². The van der Waals surface area contributed by atoms with Crippen LogP contribution in [0.1, 0.15) is 15.9 Å². The predicted molar refractivity (Wildman–Crippen MR) is 115 cm³/mol. The Morgan fingerprint density at radius 1 is 1.03 bits per heavy atom. The van der Waals surface area contributed by atoms with Gasteiger partial charge in [-0.1, -0.05) is 41.9 Å². The Morgan fingerprint density at radius 2 is 1.70 bits per heavy atom. The number of benzene rings is 3. The summed E-state index contributed by atoms with van der Waals surface area (Å²) in [5.74, 6) is -0.892. The molecule has 4 N–H and O–H groups in total. The number of nitrogens with one attached hydrogen (secondary N) is 1. The van der Waals surface area contributed by atoms with E-state index in [-0.39, 0.29) is 11.4 Å². The topological polar surface area (TPSA) is 119 Å². The molecule has 0 amide bonds. The minimum atomic E-state index is -4.37. The first-order chi connectivity index (χ1) is 14.3. The van der Waals surface area contributed by atoms with Crippen LogP contribution in [0.2, 0.25) is 5.02 Å². The summed E-state index contributed by atoms with van der Waals surface area (Å²) >= 11 is 5.88. The first-order valence-electron chi connectivity index (χ1n) is 8.90. The van der Waals surface area contributed by atoms with Gasteiger partial charge in [-0.05, 0) is 48.4 Å². The van der Waals surface area contributed by atoms with E-state index in [0.29, 0.717) is 23.7 Å². The lowest BCUT2D eigenvalue weighted by molar-refractivity contribution is 0.0692. The third-order valence-electron chi connectivity index (χ3n) is 4.23. The molecule has 7 nitrogen and oxygen atoms in total. The molecule has 0 spiro atoms. The van der Waals surface area contributed by atoms with Crippen LogP contribution in [0.25, 0.3) is 0 Å². The summed E-state index contributed by atoms with van der Waals surface area (Å²) in [4.78, 5) is 11.1. The smallest absolute Gasteiger partial charge is 0.337 e. The second-order valence-electron chi connectivity index (χ2n) is 6.38. The number of carbonyl (C=O) groups is 1. The molecule has 156 valence electrons. The van der Waals surface area contributed by atoms with Crippen molar-refractivity contribution in [2.45, 2.75) is 11.3 Å². The summed E-state index contributed by atoms with van der Waals surface area (Å²) in [6.45, 7) is 0.326. The van der Waals surface area contributed by atoms with Crippen molar-refractivity contribution in [1.29, 1.82) is 0 Å². The highest BCUT2D eigenvalue weighted by molar-refractivity contribution is 7.89. The highest BCUT2D eigenvalue weighted by Gasteiger charge is 2.26. The Bertz CT molecular complexity index is 1150. The van der Waals surface area contributed by atoms with Crippen LogP contribution in [0.15, 0.2) is 71.6 Å². The van der Waals surface area contributed by atoms with Crippen LogP contribution in [0, 0.1) is 0 Å². The van der Waals surface area contributed by atoms with Crippen molar-refractivity contribution in [3.63, 3.8) is 0 Å². The number of hydrogen-bond donors (Lipinski definition) is 3. The van der Waals surface area contributed by atoms with Gasteiger partial charge in [-0.25, -0.2) is 18.4 Å². The van der Waals surface area contributed by atoms with Crippen LogP contribution < -0.4 is 15.2 Å². The zero-order valence-electron chi connectivity index (χ0n) is 15.7. The number of sulfonamides is 1. The summed E-state index contributed by atoms with van der Waals surface area (Å²) in [5.41, 5.74) is 0.572. The number of ether oxygens (including phenoxy) is 1. The van der Waals surface area contributed by atoms with Gasteiger partial charge in [0.25, 0.3) is 0 Å². The van der Waals surface area contributed by atoms with Crippen molar-refractivity contribution in [3.05, 3.63) is 82.9 Å². The summed E-state index contributed by atoms with van der Waals surface area (Å²) in [5, 5.41) is 18.3. The Morgan fingerprint density at radius 3 is 2.30 bits per heavy atom. The van der Waals surface area contributed by atoms with E-state index in [1.807, 2.05) is 30.3 Å². The fourth-order valence-electron chi connectivity index (χ4n) is 2.89. The fourth-order valence-corrected chi connectivity index (χ4v) is 3.93. The van der Waals surface area contributed by atoms with E-state index in [1.54, 1.807) is 24.3 Å². The molecule has 0 aliphatic rings. The van der Waals surface area contributed by atoms with Gasteiger partial charge < -0.3 is 15.2 Å². The molecule has 0 unspecified atom stereocenters. The largest absolute Gasteiger partial charge is 0.478 e. The fraction of sp³-hybridized carbons (Fsp3) is 0.0952. The zero-order valence-corrected chi connectivity index (χ0v) is 17.3. The molecule has 0 saturated carbocycles. The minimum Gasteiger partial charge on any atom is -0.478 e. The summed E-state index contributed by atoms with van der Waals surface area (Å²) in [6.07, 6.45) is 0.572. The van der Waals surface area contributed by atoms with Gasteiger partial charge in [-0.15, -0.1) is 0 Å². The van der Waals surface area contributed by atoms with Crippen LogP contribution in [0.4, 0.5) is 5.69 Å². The maximum absolute atomic E-state index is 12.3. The summed E-state index contributed by atoms with van der Waals surface area (Å²) in [6, 6.07) is 18.5. The van der Waals surface area contributed by atoms with Gasteiger partial charge >= 0.3 is 5.97 Å². The highest BCUT2D eigenvalue weighted by atomic mass is 35.5.